The lowest BCUT2D eigenvalue weighted by atomic mass is 10.5. The molecule has 0 amide bonds. The molecule has 0 radical (unpaired) electrons. The molecular weight excluding hydrogens is 264 g/mol. The molecule has 0 saturated heterocycles. The molecule has 1 N–H and O–H groups in total. The number of aromatic nitrogens is 2. The molecular formula is C9H11ClN4O2S. The van der Waals surface area contributed by atoms with Gasteiger partial charge in [0.15, 0.2) is 0 Å². The number of rotatable bonds is 7. The molecule has 1 aromatic heterocycles. The number of nitro groups is 1. The molecule has 8 heteroatoms. The minimum absolute atomic E-state index is 0.147. The smallest absolute Gasteiger partial charge is 0.348 e. The van der Waals surface area contributed by atoms with Gasteiger partial charge in [0.1, 0.15) is 6.33 Å². The van der Waals surface area contributed by atoms with Crippen molar-refractivity contribution in [3.63, 3.8) is 0 Å². The third-order valence-electron chi connectivity index (χ3n) is 1.73. The summed E-state index contributed by atoms with van der Waals surface area (Å²) in [5, 5.41) is 13.5. The number of halogens is 1. The number of hydrogen-bond donors (Lipinski definition) is 1. The fraction of sp³-hybridized carbons (Fsp3) is 0.333. The van der Waals surface area contributed by atoms with Gasteiger partial charge in [-0.3, -0.25) is 10.1 Å². The second kappa shape index (κ2) is 7.08. The molecule has 1 rings (SSSR count). The van der Waals surface area contributed by atoms with Gasteiger partial charge in [0.2, 0.25) is 11.0 Å². The van der Waals surface area contributed by atoms with Gasteiger partial charge in [-0.25, -0.2) is 9.97 Å². The Morgan fingerprint density at radius 2 is 2.41 bits per heavy atom. The average molecular weight is 275 g/mol. The van der Waals surface area contributed by atoms with Gasteiger partial charge in [-0.2, -0.15) is 11.8 Å². The van der Waals surface area contributed by atoms with E-state index in [2.05, 4.69) is 21.9 Å². The molecule has 6 nitrogen and oxygen atoms in total. The summed E-state index contributed by atoms with van der Waals surface area (Å²) < 4.78 is 0. The zero-order chi connectivity index (χ0) is 12.7. The molecule has 1 aromatic rings. The summed E-state index contributed by atoms with van der Waals surface area (Å²) in [4.78, 5) is 17.5. The highest BCUT2D eigenvalue weighted by Crippen LogP contribution is 2.27. The van der Waals surface area contributed by atoms with E-state index in [1.54, 1.807) is 17.8 Å². The minimum Gasteiger partial charge on any atom is -0.363 e. The van der Waals surface area contributed by atoms with Crippen molar-refractivity contribution in [1.29, 1.82) is 0 Å². The summed E-state index contributed by atoms with van der Waals surface area (Å²) in [5.74, 6) is 1.79. The van der Waals surface area contributed by atoms with E-state index in [0.29, 0.717) is 6.54 Å². The molecule has 0 saturated carbocycles. The molecule has 92 valence electrons. The van der Waals surface area contributed by atoms with Crippen LogP contribution in [0.1, 0.15) is 0 Å². The van der Waals surface area contributed by atoms with Crippen LogP contribution in [0.25, 0.3) is 0 Å². The number of anilines is 1. The van der Waals surface area contributed by atoms with E-state index in [-0.39, 0.29) is 16.7 Å². The number of thioether (sulfide) groups is 1. The first-order valence-corrected chi connectivity index (χ1v) is 6.27. The van der Waals surface area contributed by atoms with Crippen molar-refractivity contribution >= 4 is 34.9 Å². The second-order valence-corrected chi connectivity index (χ2v) is 4.42. The van der Waals surface area contributed by atoms with Gasteiger partial charge in [0.25, 0.3) is 0 Å². The van der Waals surface area contributed by atoms with E-state index in [9.17, 15) is 10.1 Å². The van der Waals surface area contributed by atoms with Crippen molar-refractivity contribution in [2.45, 2.75) is 0 Å². The van der Waals surface area contributed by atoms with Crippen molar-refractivity contribution < 1.29 is 4.92 Å². The van der Waals surface area contributed by atoms with Gasteiger partial charge in [0.05, 0.1) is 4.92 Å². The van der Waals surface area contributed by atoms with Crippen LogP contribution in [0.5, 0.6) is 0 Å². The van der Waals surface area contributed by atoms with Gasteiger partial charge in [-0.15, -0.1) is 6.58 Å². The third-order valence-corrected chi connectivity index (χ3v) is 2.98. The highest BCUT2D eigenvalue weighted by molar-refractivity contribution is 7.99. The Labute approximate surface area is 108 Å². The van der Waals surface area contributed by atoms with Crippen LogP contribution < -0.4 is 5.32 Å². The fourth-order valence-corrected chi connectivity index (χ4v) is 1.84. The SMILES string of the molecule is C=CCSCCNc1ncnc(Cl)c1[N+](=O)[O-]. The highest BCUT2D eigenvalue weighted by atomic mass is 35.5. The Bertz CT molecular complexity index is 416. The van der Waals surface area contributed by atoms with Crippen molar-refractivity contribution in [2.75, 3.05) is 23.4 Å². The molecule has 0 aliphatic rings. The topological polar surface area (TPSA) is 81.0 Å². The van der Waals surface area contributed by atoms with Gasteiger partial charge in [-0.05, 0) is 0 Å². The maximum atomic E-state index is 10.8. The van der Waals surface area contributed by atoms with Crippen LogP contribution in [0.4, 0.5) is 11.5 Å². The lowest BCUT2D eigenvalue weighted by Crippen LogP contribution is -2.09. The number of hydrogen-bond acceptors (Lipinski definition) is 6. The summed E-state index contributed by atoms with van der Waals surface area (Å²) in [6.45, 7) is 4.16. The normalized spacial score (nSPS) is 9.94. The fourth-order valence-electron chi connectivity index (χ4n) is 1.06. The molecule has 17 heavy (non-hydrogen) atoms. The lowest BCUT2D eigenvalue weighted by Gasteiger charge is -2.05. The largest absolute Gasteiger partial charge is 0.363 e. The van der Waals surface area contributed by atoms with Crippen molar-refractivity contribution in [1.82, 2.24) is 9.97 Å². The zero-order valence-electron chi connectivity index (χ0n) is 8.93. The van der Waals surface area contributed by atoms with Gasteiger partial charge in [0, 0.05) is 18.1 Å². The summed E-state index contributed by atoms with van der Waals surface area (Å²) in [7, 11) is 0. The summed E-state index contributed by atoms with van der Waals surface area (Å²) in [5.41, 5.74) is -0.289. The van der Waals surface area contributed by atoms with Crippen LogP contribution in [0.15, 0.2) is 19.0 Å². The molecule has 0 aromatic carbocycles. The molecule has 0 unspecified atom stereocenters. The first-order chi connectivity index (χ1) is 8.16. The summed E-state index contributed by atoms with van der Waals surface area (Å²) in [6.07, 6.45) is 2.99. The third kappa shape index (κ3) is 4.20. The average Bonchev–Trinajstić information content (AvgIpc) is 2.28. The van der Waals surface area contributed by atoms with Crippen LogP contribution >= 0.6 is 23.4 Å². The van der Waals surface area contributed by atoms with Gasteiger partial charge in [-0.1, -0.05) is 17.7 Å². The molecule has 0 aliphatic carbocycles. The van der Waals surface area contributed by atoms with Crippen molar-refractivity contribution in [2.24, 2.45) is 0 Å². The number of nitrogens with zero attached hydrogens (tertiary/aromatic N) is 3. The van der Waals surface area contributed by atoms with E-state index in [1.165, 1.54) is 6.33 Å². The van der Waals surface area contributed by atoms with E-state index in [4.69, 9.17) is 11.6 Å². The Morgan fingerprint density at radius 1 is 1.65 bits per heavy atom. The Kier molecular flexibility index (Phi) is 5.71. The first kappa shape index (κ1) is 13.7. The summed E-state index contributed by atoms with van der Waals surface area (Å²) in [6, 6.07) is 0. The molecule has 0 atom stereocenters. The second-order valence-electron chi connectivity index (χ2n) is 2.91. The van der Waals surface area contributed by atoms with Crippen molar-refractivity contribution in [3.05, 3.63) is 34.2 Å². The molecule has 0 aliphatic heterocycles. The Balaban J connectivity index is 2.61. The minimum atomic E-state index is -0.596. The van der Waals surface area contributed by atoms with Crippen LogP contribution in [-0.4, -0.2) is 32.9 Å². The highest BCUT2D eigenvalue weighted by Gasteiger charge is 2.20. The van der Waals surface area contributed by atoms with Gasteiger partial charge < -0.3 is 5.32 Å². The van der Waals surface area contributed by atoms with Crippen LogP contribution in [0.3, 0.4) is 0 Å². The Morgan fingerprint density at radius 3 is 3.06 bits per heavy atom. The molecule has 0 bridgehead atoms. The standard InChI is InChI=1S/C9H11ClN4O2S/c1-2-4-17-5-3-11-9-7(14(15)16)8(10)12-6-13-9/h2,6H,1,3-5H2,(H,11,12,13). The van der Waals surface area contributed by atoms with E-state index < -0.39 is 4.92 Å². The zero-order valence-corrected chi connectivity index (χ0v) is 10.5. The molecule has 0 spiro atoms. The van der Waals surface area contributed by atoms with Crippen molar-refractivity contribution in [3.8, 4) is 0 Å². The van der Waals surface area contributed by atoms with Gasteiger partial charge >= 0.3 is 5.69 Å². The predicted octanol–water partition coefficient (Wildman–Crippen LogP) is 2.37. The quantitative estimate of drug-likeness (QED) is 0.270. The Hall–Kier alpha value is -1.34. The molecule has 0 fully saturated rings. The first-order valence-electron chi connectivity index (χ1n) is 4.74. The monoisotopic (exact) mass is 274 g/mol. The lowest BCUT2D eigenvalue weighted by molar-refractivity contribution is -0.384. The van der Waals surface area contributed by atoms with Crippen LogP contribution in [-0.2, 0) is 0 Å². The van der Waals surface area contributed by atoms with E-state index in [1.807, 2.05) is 0 Å². The van der Waals surface area contributed by atoms with Crippen LogP contribution in [0.2, 0.25) is 5.15 Å². The summed E-state index contributed by atoms with van der Waals surface area (Å²) >= 11 is 7.30. The molecule has 1 heterocycles. The van der Waals surface area contributed by atoms with E-state index >= 15 is 0 Å². The number of nitrogens with one attached hydrogen (secondary N) is 1. The predicted molar refractivity (Wildman–Crippen MR) is 69.7 cm³/mol. The maximum Gasteiger partial charge on any atom is 0.348 e. The van der Waals surface area contributed by atoms with E-state index in [0.717, 1.165) is 11.5 Å². The van der Waals surface area contributed by atoms with Crippen LogP contribution in [0, 0.1) is 10.1 Å². The maximum absolute atomic E-state index is 10.8.